The molecule has 3 nitrogen and oxygen atoms in total. The summed E-state index contributed by atoms with van der Waals surface area (Å²) in [6.45, 7) is 0. The topological polar surface area (TPSA) is 59.0 Å². The molecule has 0 amide bonds. The third-order valence-electron chi connectivity index (χ3n) is 1.96. The van der Waals surface area contributed by atoms with Crippen LogP contribution in [0.2, 0.25) is 0 Å². The minimum absolute atomic E-state index is 0.0134. The summed E-state index contributed by atoms with van der Waals surface area (Å²) in [4.78, 5) is 0. The molecule has 0 heterocycles. The number of hydrogen-bond acceptors (Lipinski definition) is 3. The third-order valence-corrected chi connectivity index (χ3v) is 1.96. The summed E-state index contributed by atoms with van der Waals surface area (Å²) in [5.74, 6) is -0.837. The highest BCUT2D eigenvalue weighted by Crippen LogP contribution is 2.37. The summed E-state index contributed by atoms with van der Waals surface area (Å²) in [5.41, 5.74) is 4.75. The lowest BCUT2D eigenvalue weighted by atomic mass is 10.2. The summed E-state index contributed by atoms with van der Waals surface area (Å²) >= 11 is 0. The monoisotopic (exact) mass is 284 g/mol. The standard InChI is InChI=1S/C10H6F6N2O/c11-9(12,13)8(10(14,15)16)19-7-2-1-6(18)3-5(7)4-17/h1-3,8H,18H2. The van der Waals surface area contributed by atoms with Crippen LogP contribution in [0.3, 0.4) is 0 Å². The molecule has 2 N–H and O–H groups in total. The Hall–Kier alpha value is -2.11. The highest BCUT2D eigenvalue weighted by Gasteiger charge is 2.59. The van der Waals surface area contributed by atoms with E-state index in [1.165, 1.54) is 6.07 Å². The van der Waals surface area contributed by atoms with Gasteiger partial charge in [0.25, 0.3) is 6.10 Å². The number of anilines is 1. The van der Waals surface area contributed by atoms with E-state index in [1.54, 1.807) is 0 Å². The predicted molar refractivity (Wildman–Crippen MR) is 52.1 cm³/mol. The van der Waals surface area contributed by atoms with Crippen molar-refractivity contribution in [3.63, 3.8) is 0 Å². The highest BCUT2D eigenvalue weighted by molar-refractivity contribution is 5.53. The third kappa shape index (κ3) is 3.67. The molecule has 0 fully saturated rings. The number of halogens is 6. The number of hydrogen-bond donors (Lipinski definition) is 1. The van der Waals surface area contributed by atoms with Gasteiger partial charge < -0.3 is 10.5 Å². The van der Waals surface area contributed by atoms with Gasteiger partial charge in [0, 0.05) is 5.69 Å². The summed E-state index contributed by atoms with van der Waals surface area (Å²) < 4.78 is 77.5. The van der Waals surface area contributed by atoms with Gasteiger partial charge in [0.2, 0.25) is 0 Å². The second-order valence-corrected chi connectivity index (χ2v) is 3.45. The van der Waals surface area contributed by atoms with Gasteiger partial charge in [0.05, 0.1) is 5.56 Å². The van der Waals surface area contributed by atoms with Crippen molar-refractivity contribution in [3.8, 4) is 11.8 Å². The molecule has 104 valence electrons. The molecule has 0 aliphatic heterocycles. The van der Waals surface area contributed by atoms with Gasteiger partial charge in [-0.3, -0.25) is 0 Å². The zero-order chi connectivity index (χ0) is 14.8. The molecule has 1 rings (SSSR count). The largest absolute Gasteiger partial charge is 0.470 e. The molecule has 0 atom stereocenters. The Balaban J connectivity index is 3.15. The van der Waals surface area contributed by atoms with Crippen molar-refractivity contribution in [1.29, 1.82) is 5.26 Å². The van der Waals surface area contributed by atoms with Crippen LogP contribution < -0.4 is 10.5 Å². The SMILES string of the molecule is N#Cc1cc(N)ccc1OC(C(F)(F)F)C(F)(F)F. The Morgan fingerprint density at radius 1 is 1.11 bits per heavy atom. The molecule has 0 aliphatic carbocycles. The fourth-order valence-electron chi connectivity index (χ4n) is 1.18. The maximum atomic E-state index is 12.3. The molecule has 0 aromatic heterocycles. The number of nitrogens with zero attached hydrogens (tertiary/aromatic N) is 1. The van der Waals surface area contributed by atoms with E-state index in [0.29, 0.717) is 0 Å². The average molecular weight is 284 g/mol. The first-order chi connectivity index (χ1) is 8.55. The van der Waals surface area contributed by atoms with Gasteiger partial charge in [-0.15, -0.1) is 0 Å². The normalized spacial score (nSPS) is 12.3. The van der Waals surface area contributed by atoms with Crippen LogP contribution in [0.4, 0.5) is 32.0 Å². The number of ether oxygens (including phenoxy) is 1. The van der Waals surface area contributed by atoms with Crippen molar-refractivity contribution in [2.24, 2.45) is 0 Å². The van der Waals surface area contributed by atoms with Gasteiger partial charge in [-0.1, -0.05) is 0 Å². The second kappa shape index (κ2) is 4.87. The highest BCUT2D eigenvalue weighted by atomic mass is 19.4. The van der Waals surface area contributed by atoms with Gasteiger partial charge in [-0.2, -0.15) is 31.6 Å². The maximum Gasteiger partial charge on any atom is 0.434 e. The maximum absolute atomic E-state index is 12.3. The summed E-state index contributed by atoms with van der Waals surface area (Å²) in [5, 5.41) is 8.61. The molecule has 1 aromatic rings. The Kier molecular flexibility index (Phi) is 3.83. The van der Waals surface area contributed by atoms with E-state index < -0.39 is 29.8 Å². The smallest absolute Gasteiger partial charge is 0.434 e. The fraction of sp³-hybridized carbons (Fsp3) is 0.300. The van der Waals surface area contributed by atoms with E-state index in [9.17, 15) is 26.3 Å². The van der Waals surface area contributed by atoms with Gasteiger partial charge in [-0.05, 0) is 18.2 Å². The van der Waals surface area contributed by atoms with Crippen LogP contribution in [-0.2, 0) is 0 Å². The lowest BCUT2D eigenvalue weighted by Crippen LogP contribution is -2.46. The van der Waals surface area contributed by atoms with Crippen LogP contribution in [0.5, 0.6) is 5.75 Å². The lowest BCUT2D eigenvalue weighted by molar-refractivity contribution is -0.299. The average Bonchev–Trinajstić information content (AvgIpc) is 2.23. The van der Waals surface area contributed by atoms with E-state index in [2.05, 4.69) is 4.74 Å². The van der Waals surface area contributed by atoms with E-state index in [1.807, 2.05) is 0 Å². The first kappa shape index (κ1) is 14.9. The molecule has 0 spiro atoms. The van der Waals surface area contributed by atoms with Gasteiger partial charge in [0.15, 0.2) is 0 Å². The first-order valence-electron chi connectivity index (χ1n) is 4.65. The Morgan fingerprint density at radius 3 is 2.05 bits per heavy atom. The van der Waals surface area contributed by atoms with Gasteiger partial charge in [-0.25, -0.2) is 0 Å². The molecule has 0 bridgehead atoms. The number of nitrogen functional groups attached to an aromatic ring is 1. The second-order valence-electron chi connectivity index (χ2n) is 3.45. The van der Waals surface area contributed by atoms with E-state index >= 15 is 0 Å². The number of alkyl halides is 6. The van der Waals surface area contributed by atoms with Crippen LogP contribution in [0, 0.1) is 11.3 Å². The molecule has 1 aromatic carbocycles. The molecular weight excluding hydrogens is 278 g/mol. The van der Waals surface area contributed by atoms with Crippen molar-refractivity contribution in [2.45, 2.75) is 18.5 Å². The van der Waals surface area contributed by atoms with Crippen LogP contribution in [0.25, 0.3) is 0 Å². The number of nitrogens with two attached hydrogens (primary N) is 1. The van der Waals surface area contributed by atoms with Crippen molar-refractivity contribution in [1.82, 2.24) is 0 Å². The molecule has 0 saturated carbocycles. The minimum atomic E-state index is -5.65. The molecule has 0 radical (unpaired) electrons. The molecule has 0 unspecified atom stereocenters. The Morgan fingerprint density at radius 2 is 1.63 bits per heavy atom. The van der Waals surface area contributed by atoms with Gasteiger partial charge in [0.1, 0.15) is 11.8 Å². The number of nitriles is 1. The van der Waals surface area contributed by atoms with E-state index in [0.717, 1.165) is 18.2 Å². The molecule has 9 heteroatoms. The summed E-state index contributed by atoms with van der Waals surface area (Å²) in [6, 6.07) is 4.12. The zero-order valence-electron chi connectivity index (χ0n) is 9.01. The van der Waals surface area contributed by atoms with Crippen LogP contribution in [0.1, 0.15) is 5.56 Å². The fourth-order valence-corrected chi connectivity index (χ4v) is 1.18. The van der Waals surface area contributed by atoms with Crippen LogP contribution >= 0.6 is 0 Å². The van der Waals surface area contributed by atoms with E-state index in [-0.39, 0.29) is 5.69 Å². The number of rotatable bonds is 2. The zero-order valence-corrected chi connectivity index (χ0v) is 9.01. The van der Waals surface area contributed by atoms with Crippen molar-refractivity contribution in [3.05, 3.63) is 23.8 Å². The summed E-state index contributed by atoms with van der Waals surface area (Å²) in [7, 11) is 0. The Labute approximate surface area is 103 Å². The van der Waals surface area contributed by atoms with E-state index in [4.69, 9.17) is 11.0 Å². The molecular formula is C10H6F6N2O. The summed E-state index contributed by atoms with van der Waals surface area (Å²) in [6.07, 6.45) is -15.3. The predicted octanol–water partition coefficient (Wildman–Crippen LogP) is 3.01. The Bertz CT molecular complexity index is 488. The molecule has 0 saturated heterocycles. The van der Waals surface area contributed by atoms with Crippen LogP contribution in [-0.4, -0.2) is 18.5 Å². The van der Waals surface area contributed by atoms with Crippen LogP contribution in [0.15, 0.2) is 18.2 Å². The lowest BCUT2D eigenvalue weighted by Gasteiger charge is -2.24. The first-order valence-corrected chi connectivity index (χ1v) is 4.65. The van der Waals surface area contributed by atoms with Gasteiger partial charge >= 0.3 is 12.4 Å². The molecule has 19 heavy (non-hydrogen) atoms. The minimum Gasteiger partial charge on any atom is -0.470 e. The van der Waals surface area contributed by atoms with Crippen molar-refractivity contribution < 1.29 is 31.1 Å². The number of benzene rings is 1. The van der Waals surface area contributed by atoms with Crippen molar-refractivity contribution >= 4 is 5.69 Å². The molecule has 0 aliphatic rings. The van der Waals surface area contributed by atoms with Crippen molar-refractivity contribution in [2.75, 3.05) is 5.73 Å². The quantitative estimate of drug-likeness (QED) is 0.670.